The first kappa shape index (κ1) is 69.9. The fraction of sp³-hybridized carbons (Fsp3) is 0.222. The molecule has 506 valence electrons. The lowest BCUT2D eigenvalue weighted by Gasteiger charge is -2.32. The molecule has 2 amide bonds. The van der Waals surface area contributed by atoms with Crippen LogP contribution in [0.4, 0.5) is 28.9 Å². The number of furan rings is 2. The third-order valence-corrected chi connectivity index (χ3v) is 20.5. The monoisotopic (exact) mass is 1390 g/mol. The molecular weight excluding hydrogens is 1330 g/mol. The van der Waals surface area contributed by atoms with E-state index in [0.717, 1.165) is 37.7 Å². The SMILES string of the molecule is CC1(C)OB(C2=Cc3c(F)cccc3C2)OC1(C)C.CNC(=O)c1c(-c2ccc(F)cc2)oc2cc(N(C)S(C)(=O)=O)c(-c3ccc(CO)c(C4=Cc5c(F)cccc5C4)n3)cc12.CNC(=O)c1c(-c2ccc(F)cc2)oc2cc(N(C)S(C)(=O)=O)c(-c3ccc(CO)c(Cl)n3)cc12. The van der Waals surface area contributed by atoms with E-state index >= 15 is 0 Å². The van der Waals surface area contributed by atoms with E-state index < -0.39 is 43.5 Å². The molecule has 4 aromatic heterocycles. The van der Waals surface area contributed by atoms with E-state index in [2.05, 4.69) is 15.6 Å². The van der Waals surface area contributed by atoms with Crippen LogP contribution < -0.4 is 19.2 Å². The molecule has 6 aromatic carbocycles. The molecule has 4 N–H and O–H groups in total. The molecule has 1 saturated heterocycles. The first-order chi connectivity index (χ1) is 46.3. The van der Waals surface area contributed by atoms with Crippen molar-refractivity contribution in [3.63, 3.8) is 0 Å². The zero-order chi connectivity index (χ0) is 70.7. The number of nitrogens with zero attached hydrogens (tertiary/aromatic N) is 4. The lowest BCUT2D eigenvalue weighted by atomic mass is 9.77. The van der Waals surface area contributed by atoms with E-state index in [1.165, 1.54) is 101 Å². The number of hydrogen-bond acceptors (Lipinski definition) is 14. The summed E-state index contributed by atoms with van der Waals surface area (Å²) in [4.78, 5) is 35.3. The molecule has 13 rings (SSSR count). The number of fused-ring (bicyclic) bond motifs is 4. The lowest BCUT2D eigenvalue weighted by Crippen LogP contribution is -2.41. The highest BCUT2D eigenvalue weighted by atomic mass is 35.5. The summed E-state index contributed by atoms with van der Waals surface area (Å²) in [7, 11) is -2.12. The van der Waals surface area contributed by atoms with Crippen molar-refractivity contribution in [3.05, 3.63) is 218 Å². The minimum atomic E-state index is -3.77. The van der Waals surface area contributed by atoms with E-state index in [1.54, 1.807) is 54.6 Å². The van der Waals surface area contributed by atoms with Gasteiger partial charge >= 0.3 is 7.12 Å². The summed E-state index contributed by atoms with van der Waals surface area (Å²) in [6, 6.07) is 33.8. The van der Waals surface area contributed by atoms with Gasteiger partial charge in [0.05, 0.1) is 76.5 Å². The van der Waals surface area contributed by atoms with Crippen LogP contribution in [0.2, 0.25) is 5.15 Å². The Morgan fingerprint density at radius 3 is 1.43 bits per heavy atom. The Hall–Kier alpha value is -9.47. The minimum absolute atomic E-state index is 0.0591. The minimum Gasteiger partial charge on any atom is -0.455 e. The van der Waals surface area contributed by atoms with Gasteiger partial charge in [-0.25, -0.2) is 44.4 Å². The molecule has 5 heterocycles. The van der Waals surface area contributed by atoms with Gasteiger partial charge in [0.2, 0.25) is 20.0 Å². The summed E-state index contributed by atoms with van der Waals surface area (Å²) < 4.78 is 132. The summed E-state index contributed by atoms with van der Waals surface area (Å²) in [5, 5.41) is 25.6. The molecule has 0 bridgehead atoms. The van der Waals surface area contributed by atoms with Crippen LogP contribution in [0.5, 0.6) is 0 Å². The van der Waals surface area contributed by atoms with Crippen LogP contribution in [0.15, 0.2) is 148 Å². The van der Waals surface area contributed by atoms with E-state index in [1.807, 2.05) is 45.9 Å². The molecule has 1 fully saturated rings. The Labute approximate surface area is 568 Å². The number of aromatic nitrogens is 2. The maximum absolute atomic E-state index is 14.5. The number of hydrogen-bond donors (Lipinski definition) is 4. The quantitative estimate of drug-likeness (QED) is 0.0450. The maximum Gasteiger partial charge on any atom is 0.490 e. The molecule has 26 heteroatoms. The number of pyridine rings is 2. The predicted octanol–water partition coefficient (Wildman–Crippen LogP) is 13.4. The van der Waals surface area contributed by atoms with Gasteiger partial charge in [-0.05, 0) is 147 Å². The molecular formula is C72H66BClF4N6O12S2. The number of allylic oxidation sites excluding steroid dienone is 2. The van der Waals surface area contributed by atoms with Crippen LogP contribution in [0.25, 0.3) is 84.8 Å². The van der Waals surface area contributed by atoms with Gasteiger partial charge in [0.25, 0.3) is 11.8 Å². The Balaban J connectivity index is 0.000000160. The normalized spacial score (nSPS) is 14.4. The number of benzene rings is 6. The molecule has 1 aliphatic heterocycles. The Morgan fingerprint density at radius 2 is 1.02 bits per heavy atom. The molecule has 0 spiro atoms. The summed E-state index contributed by atoms with van der Waals surface area (Å²) in [6.45, 7) is 7.46. The van der Waals surface area contributed by atoms with Crippen LogP contribution in [-0.4, -0.2) is 108 Å². The molecule has 2 aliphatic carbocycles. The second-order valence-corrected chi connectivity index (χ2v) is 29.0. The topological polar surface area (TPSA) is 244 Å². The Kier molecular flexibility index (Phi) is 19.3. The third kappa shape index (κ3) is 13.6. The van der Waals surface area contributed by atoms with Gasteiger partial charge in [-0.2, -0.15) is 0 Å². The number of halogens is 5. The van der Waals surface area contributed by atoms with E-state index in [0.29, 0.717) is 90.8 Å². The number of amides is 2. The lowest BCUT2D eigenvalue weighted by molar-refractivity contribution is 0.00578. The molecule has 0 radical (unpaired) electrons. The highest BCUT2D eigenvalue weighted by Crippen LogP contribution is 2.46. The van der Waals surface area contributed by atoms with Crippen molar-refractivity contribution in [2.45, 2.75) is 65.0 Å². The largest absolute Gasteiger partial charge is 0.490 e. The average molecular weight is 1390 g/mol. The van der Waals surface area contributed by atoms with E-state index in [-0.39, 0.29) is 93.5 Å². The van der Waals surface area contributed by atoms with Gasteiger partial charge in [-0.1, -0.05) is 54.1 Å². The van der Waals surface area contributed by atoms with Crippen molar-refractivity contribution in [1.29, 1.82) is 0 Å². The Bertz CT molecular complexity index is 5150. The van der Waals surface area contributed by atoms with Gasteiger partial charge in [0, 0.05) is 102 Å². The van der Waals surface area contributed by atoms with Gasteiger partial charge in [0.15, 0.2) is 0 Å². The first-order valence-corrected chi connectivity index (χ1v) is 34.7. The second kappa shape index (κ2) is 27.1. The summed E-state index contributed by atoms with van der Waals surface area (Å²) in [5.41, 5.74) is 8.93. The van der Waals surface area contributed by atoms with Crippen molar-refractivity contribution in [1.82, 2.24) is 20.6 Å². The van der Waals surface area contributed by atoms with Gasteiger partial charge in [0.1, 0.15) is 51.1 Å². The fourth-order valence-corrected chi connectivity index (χ4v) is 12.8. The van der Waals surface area contributed by atoms with Crippen molar-refractivity contribution >= 4 is 102 Å². The Morgan fingerprint density at radius 1 is 0.592 bits per heavy atom. The molecule has 98 heavy (non-hydrogen) atoms. The summed E-state index contributed by atoms with van der Waals surface area (Å²) in [6.07, 6.45) is 6.79. The molecule has 0 unspecified atom stereocenters. The van der Waals surface area contributed by atoms with Crippen LogP contribution in [0.3, 0.4) is 0 Å². The highest BCUT2D eigenvalue weighted by Gasteiger charge is 2.53. The molecule has 3 aliphatic rings. The summed E-state index contributed by atoms with van der Waals surface area (Å²) >= 11 is 6.20. The maximum atomic E-state index is 14.5. The number of sulfonamides is 2. The van der Waals surface area contributed by atoms with Gasteiger partial charge < -0.3 is 39.0 Å². The number of carbonyl (C=O) groups excluding carboxylic acids is 2. The second-order valence-electron chi connectivity index (χ2n) is 24.6. The van der Waals surface area contributed by atoms with Crippen LogP contribution in [0.1, 0.15) is 87.5 Å². The third-order valence-electron chi connectivity index (χ3n) is 17.8. The molecule has 10 aromatic rings. The summed E-state index contributed by atoms with van der Waals surface area (Å²) in [5.74, 6) is -1.96. The number of carbonyl (C=O) groups is 2. The number of aliphatic hydroxyl groups excluding tert-OH is 2. The average Bonchev–Trinajstić information content (AvgIpc) is 1.55. The van der Waals surface area contributed by atoms with E-state index in [4.69, 9.17) is 34.7 Å². The zero-order valence-electron chi connectivity index (χ0n) is 54.7. The zero-order valence-corrected chi connectivity index (χ0v) is 57.1. The number of rotatable bonds is 14. The number of anilines is 2. The number of nitrogens with one attached hydrogen (secondary N) is 2. The van der Waals surface area contributed by atoms with Crippen molar-refractivity contribution < 1.29 is 72.3 Å². The van der Waals surface area contributed by atoms with E-state index in [9.17, 15) is 54.2 Å². The molecule has 18 nitrogen and oxygen atoms in total. The first-order valence-electron chi connectivity index (χ1n) is 30.6. The molecule has 0 atom stereocenters. The smallest absolute Gasteiger partial charge is 0.455 e. The van der Waals surface area contributed by atoms with Gasteiger partial charge in [-0.15, -0.1) is 0 Å². The van der Waals surface area contributed by atoms with Crippen molar-refractivity contribution in [3.8, 4) is 45.2 Å². The fourth-order valence-electron chi connectivity index (χ4n) is 11.6. The van der Waals surface area contributed by atoms with Crippen molar-refractivity contribution in [2.75, 3.05) is 49.3 Å². The molecule has 0 saturated carbocycles. The van der Waals surface area contributed by atoms with Crippen LogP contribution in [0, 0.1) is 23.3 Å². The number of aliphatic hydroxyl groups is 2. The van der Waals surface area contributed by atoms with Gasteiger partial charge in [-0.3, -0.25) is 18.2 Å². The van der Waals surface area contributed by atoms with Crippen LogP contribution >= 0.6 is 11.6 Å². The van der Waals surface area contributed by atoms with Crippen molar-refractivity contribution in [2.24, 2.45) is 0 Å². The van der Waals surface area contributed by atoms with Crippen LogP contribution in [-0.2, 0) is 55.4 Å². The standard InChI is InChI=1S/C33H27F2N3O5S.C24H21ClFN3O5S.C15H18BFO2/c1-36-33(40)30-25-15-24(27-12-9-20(17-39)31(37-27)21-13-19-5-4-6-26(35)23(19)14-21)28(38(2)44(3,41)42)16-29(25)43-32(30)18-7-10-22(34)11-8-18;1-27-24(31)21-17-10-16(18-9-6-14(12-30)23(25)28-18)19(29(2)35(3,32)33)11-20(17)34-22(21)13-4-7-15(26)8-5-13;1-14(2)15(3,4)19-16(18-14)11-8-10-6-5-7-13(17)12(10)9-11/h4-12,14-16,39H,13,17H2,1-3H3,(H,36,40);4-11,30H,12H2,1-3H3,(H,27,31);5-7,9H,8H2,1-4H3. The predicted molar refractivity (Wildman–Crippen MR) is 372 cm³/mol. The highest BCUT2D eigenvalue weighted by molar-refractivity contribution is 7.92.